The van der Waals surface area contributed by atoms with Crippen molar-refractivity contribution in [2.45, 2.75) is 27.3 Å². The van der Waals surface area contributed by atoms with Crippen molar-refractivity contribution in [3.8, 4) is 11.3 Å². The Balaban J connectivity index is 2.84. The van der Waals surface area contributed by atoms with Gasteiger partial charge in [0.05, 0.1) is 22.3 Å². The largest absolute Gasteiger partial charge is 0.462 e. The van der Waals surface area contributed by atoms with Gasteiger partial charge in [-0.1, -0.05) is 29.3 Å². The van der Waals surface area contributed by atoms with Crippen LogP contribution in [0.1, 0.15) is 29.9 Å². The van der Waals surface area contributed by atoms with E-state index >= 15 is 0 Å². The molecular weight excluding hydrogens is 337 g/mol. The van der Waals surface area contributed by atoms with E-state index in [-0.39, 0.29) is 17.6 Å². The zero-order chi connectivity index (χ0) is 17.1. The van der Waals surface area contributed by atoms with Gasteiger partial charge in [0.2, 0.25) is 0 Å². The second kappa shape index (κ2) is 7.20. The summed E-state index contributed by atoms with van der Waals surface area (Å²) >= 11 is 12.1. The molecule has 0 saturated carbocycles. The number of benzene rings is 1. The van der Waals surface area contributed by atoms with E-state index in [1.165, 1.54) is 6.07 Å². The van der Waals surface area contributed by atoms with Crippen LogP contribution in [0.25, 0.3) is 11.3 Å². The second-order valence-corrected chi connectivity index (χ2v) is 5.78. The second-order valence-electron chi connectivity index (χ2n) is 4.97. The summed E-state index contributed by atoms with van der Waals surface area (Å²) in [5, 5.41) is 0.765. The summed E-state index contributed by atoms with van der Waals surface area (Å²) in [5.41, 5.74) is 1.54. The minimum absolute atomic E-state index is 0.0117. The molecule has 1 heterocycles. The Morgan fingerprint density at radius 3 is 2.43 bits per heavy atom. The van der Waals surface area contributed by atoms with Gasteiger partial charge >= 0.3 is 5.97 Å². The van der Waals surface area contributed by atoms with Crippen LogP contribution in [0.4, 0.5) is 0 Å². The van der Waals surface area contributed by atoms with Gasteiger partial charge in [0, 0.05) is 23.9 Å². The van der Waals surface area contributed by atoms with Gasteiger partial charge in [0.25, 0.3) is 0 Å². The molecule has 0 saturated heterocycles. The first-order valence-corrected chi connectivity index (χ1v) is 8.03. The van der Waals surface area contributed by atoms with E-state index in [2.05, 4.69) is 0 Å². The lowest BCUT2D eigenvalue weighted by Gasteiger charge is -2.18. The predicted octanol–water partition coefficient (Wildman–Crippen LogP) is 4.33. The zero-order valence-electron chi connectivity index (χ0n) is 13.2. The van der Waals surface area contributed by atoms with Crippen molar-refractivity contribution in [1.29, 1.82) is 0 Å². The van der Waals surface area contributed by atoms with Crippen molar-refractivity contribution in [2.24, 2.45) is 0 Å². The SMILES string of the molecule is CCOC(=O)c1c(-c2ccc(Cl)c(Cl)c2)n(CC)c(C)cc1=O. The van der Waals surface area contributed by atoms with E-state index in [1.807, 2.05) is 18.4 Å². The Morgan fingerprint density at radius 2 is 1.87 bits per heavy atom. The molecule has 1 aromatic carbocycles. The first-order chi connectivity index (χ1) is 10.9. The fourth-order valence-electron chi connectivity index (χ4n) is 2.52. The fourth-order valence-corrected chi connectivity index (χ4v) is 2.82. The fraction of sp³-hybridized carbons (Fsp3) is 0.294. The van der Waals surface area contributed by atoms with Crippen LogP contribution in [0.5, 0.6) is 0 Å². The van der Waals surface area contributed by atoms with Gasteiger partial charge in [-0.3, -0.25) is 4.79 Å². The molecule has 23 heavy (non-hydrogen) atoms. The van der Waals surface area contributed by atoms with Crippen molar-refractivity contribution in [1.82, 2.24) is 4.57 Å². The molecule has 4 nitrogen and oxygen atoms in total. The lowest BCUT2D eigenvalue weighted by molar-refractivity contribution is 0.0525. The van der Waals surface area contributed by atoms with Gasteiger partial charge in [-0.25, -0.2) is 4.79 Å². The smallest absolute Gasteiger partial charge is 0.344 e. The Hall–Kier alpha value is -1.78. The van der Waals surface area contributed by atoms with Crippen molar-refractivity contribution >= 4 is 29.2 Å². The van der Waals surface area contributed by atoms with E-state index < -0.39 is 5.97 Å². The van der Waals surface area contributed by atoms with Crippen LogP contribution < -0.4 is 5.43 Å². The number of carbonyl (C=O) groups is 1. The number of hydrogen-bond acceptors (Lipinski definition) is 3. The third kappa shape index (κ3) is 3.43. The molecule has 0 aliphatic carbocycles. The van der Waals surface area contributed by atoms with Gasteiger partial charge in [-0.05, 0) is 32.9 Å². The average Bonchev–Trinajstić information content (AvgIpc) is 2.49. The number of aromatic nitrogens is 1. The van der Waals surface area contributed by atoms with Crippen LogP contribution in [0.3, 0.4) is 0 Å². The molecule has 0 atom stereocenters. The summed E-state index contributed by atoms with van der Waals surface area (Å²) in [6, 6.07) is 6.46. The molecule has 0 bridgehead atoms. The lowest BCUT2D eigenvalue weighted by Crippen LogP contribution is -2.24. The molecular formula is C17H17Cl2NO3. The number of rotatable bonds is 4. The van der Waals surface area contributed by atoms with Crippen LogP contribution in [0.2, 0.25) is 10.0 Å². The number of halogens is 2. The molecule has 122 valence electrons. The molecule has 0 spiro atoms. The van der Waals surface area contributed by atoms with E-state index in [1.54, 1.807) is 25.1 Å². The highest BCUT2D eigenvalue weighted by molar-refractivity contribution is 6.42. The topological polar surface area (TPSA) is 48.3 Å². The van der Waals surface area contributed by atoms with Gasteiger partial charge in [-0.2, -0.15) is 0 Å². The summed E-state index contributed by atoms with van der Waals surface area (Å²) in [4.78, 5) is 24.7. The number of aryl methyl sites for hydroxylation is 1. The Labute approximate surface area is 144 Å². The summed E-state index contributed by atoms with van der Waals surface area (Å²) in [6.07, 6.45) is 0. The Kier molecular flexibility index (Phi) is 5.50. The molecule has 0 aliphatic rings. The summed E-state index contributed by atoms with van der Waals surface area (Å²) < 4.78 is 6.94. The predicted molar refractivity (Wildman–Crippen MR) is 92.5 cm³/mol. The van der Waals surface area contributed by atoms with Gasteiger partial charge < -0.3 is 9.30 Å². The molecule has 0 amide bonds. The molecule has 0 fully saturated rings. The van der Waals surface area contributed by atoms with Crippen molar-refractivity contribution in [2.75, 3.05) is 6.61 Å². The highest BCUT2D eigenvalue weighted by atomic mass is 35.5. The average molecular weight is 354 g/mol. The zero-order valence-corrected chi connectivity index (χ0v) is 14.7. The Morgan fingerprint density at radius 1 is 1.17 bits per heavy atom. The maximum Gasteiger partial charge on any atom is 0.344 e. The number of pyridine rings is 1. The van der Waals surface area contributed by atoms with Crippen molar-refractivity contribution in [3.05, 3.63) is 55.8 Å². The van der Waals surface area contributed by atoms with E-state index in [4.69, 9.17) is 27.9 Å². The van der Waals surface area contributed by atoms with Gasteiger partial charge in [-0.15, -0.1) is 0 Å². The number of esters is 1. The number of hydrogen-bond donors (Lipinski definition) is 0. The molecule has 0 N–H and O–H groups in total. The van der Waals surface area contributed by atoms with E-state index in [0.717, 1.165) is 5.69 Å². The third-order valence-electron chi connectivity index (χ3n) is 3.51. The summed E-state index contributed by atoms with van der Waals surface area (Å²) in [5.74, 6) is -0.638. The number of nitrogens with zero attached hydrogens (tertiary/aromatic N) is 1. The first-order valence-electron chi connectivity index (χ1n) is 7.27. The molecule has 0 unspecified atom stereocenters. The normalized spacial score (nSPS) is 10.7. The minimum Gasteiger partial charge on any atom is -0.462 e. The first kappa shape index (κ1) is 17.6. The standard InChI is InChI=1S/C17H17Cl2NO3/c1-4-20-10(3)8-14(21)15(17(22)23-5-2)16(20)11-6-7-12(18)13(19)9-11/h6-9H,4-5H2,1-3H3. The third-order valence-corrected chi connectivity index (χ3v) is 4.25. The maximum atomic E-state index is 12.4. The minimum atomic E-state index is -0.638. The van der Waals surface area contributed by atoms with Crippen LogP contribution >= 0.6 is 23.2 Å². The van der Waals surface area contributed by atoms with Gasteiger partial charge in [0.15, 0.2) is 5.43 Å². The highest BCUT2D eigenvalue weighted by Crippen LogP contribution is 2.30. The van der Waals surface area contributed by atoms with Crippen LogP contribution in [0.15, 0.2) is 29.1 Å². The molecule has 6 heteroatoms. The number of carbonyl (C=O) groups excluding carboxylic acids is 1. The molecule has 0 radical (unpaired) electrons. The molecule has 2 rings (SSSR count). The summed E-state index contributed by atoms with van der Waals surface area (Å²) in [6.45, 7) is 6.24. The number of ether oxygens (including phenoxy) is 1. The molecule has 0 aliphatic heterocycles. The highest BCUT2D eigenvalue weighted by Gasteiger charge is 2.22. The Bertz CT molecular complexity index is 812. The quantitative estimate of drug-likeness (QED) is 0.768. The van der Waals surface area contributed by atoms with Crippen LogP contribution in [-0.4, -0.2) is 17.1 Å². The van der Waals surface area contributed by atoms with E-state index in [9.17, 15) is 9.59 Å². The molecule has 1 aromatic heterocycles. The monoisotopic (exact) mass is 353 g/mol. The van der Waals surface area contributed by atoms with Crippen molar-refractivity contribution < 1.29 is 9.53 Å². The maximum absolute atomic E-state index is 12.4. The molecule has 2 aromatic rings. The van der Waals surface area contributed by atoms with Crippen LogP contribution in [0, 0.1) is 6.92 Å². The summed E-state index contributed by atoms with van der Waals surface area (Å²) in [7, 11) is 0. The van der Waals surface area contributed by atoms with Crippen LogP contribution in [-0.2, 0) is 11.3 Å². The van der Waals surface area contributed by atoms with Crippen molar-refractivity contribution in [3.63, 3.8) is 0 Å². The lowest BCUT2D eigenvalue weighted by atomic mass is 10.0. The van der Waals surface area contributed by atoms with Gasteiger partial charge in [0.1, 0.15) is 5.56 Å². The van der Waals surface area contributed by atoms with E-state index in [0.29, 0.717) is 27.8 Å².